The third-order valence-electron chi connectivity index (χ3n) is 0.831. The number of hydrogen-bond donors (Lipinski definition) is 0. The Morgan fingerprint density at radius 2 is 2.10 bits per heavy atom. The lowest BCUT2D eigenvalue weighted by Crippen LogP contribution is -2.27. The molecular formula is C4H11NO4Si. The quantitative estimate of drug-likeness (QED) is 0.408. The van der Waals surface area contributed by atoms with Crippen LogP contribution in [0.4, 0.5) is 4.79 Å². The maximum absolute atomic E-state index is 10.7. The SMILES string of the molecule is CO[SiH2]OC(=O)N(C)OC. The fourth-order valence-corrected chi connectivity index (χ4v) is 0.675. The normalized spacial score (nSPS) is 10.3. The molecule has 0 N–H and O–H groups in total. The van der Waals surface area contributed by atoms with Crippen molar-refractivity contribution < 1.29 is 18.5 Å². The van der Waals surface area contributed by atoms with Crippen molar-refractivity contribution in [3.05, 3.63) is 0 Å². The average molecular weight is 165 g/mol. The van der Waals surface area contributed by atoms with E-state index < -0.39 is 16.1 Å². The molecule has 0 spiro atoms. The number of carbonyl (C=O) groups excluding carboxylic acids is 1. The van der Waals surface area contributed by atoms with E-state index in [9.17, 15) is 4.79 Å². The van der Waals surface area contributed by atoms with Crippen LogP contribution in [0.25, 0.3) is 0 Å². The largest absolute Gasteiger partial charge is 0.482 e. The Morgan fingerprint density at radius 1 is 1.50 bits per heavy atom. The lowest BCUT2D eigenvalue weighted by Gasteiger charge is -2.12. The van der Waals surface area contributed by atoms with Crippen molar-refractivity contribution in [3.8, 4) is 0 Å². The second-order valence-electron chi connectivity index (χ2n) is 1.50. The van der Waals surface area contributed by atoms with E-state index in [1.54, 1.807) is 0 Å². The predicted molar refractivity (Wildman–Crippen MR) is 36.8 cm³/mol. The highest BCUT2D eigenvalue weighted by Gasteiger charge is 2.06. The van der Waals surface area contributed by atoms with Gasteiger partial charge in [0.25, 0.3) is 0 Å². The van der Waals surface area contributed by atoms with Crippen LogP contribution in [0.5, 0.6) is 0 Å². The molecule has 0 aliphatic rings. The summed E-state index contributed by atoms with van der Waals surface area (Å²) in [5.41, 5.74) is 0. The third-order valence-corrected chi connectivity index (χ3v) is 1.43. The Labute approximate surface area is 61.9 Å². The molecule has 0 aliphatic carbocycles. The minimum atomic E-state index is -1.15. The molecule has 0 saturated heterocycles. The smallest absolute Gasteiger partial charge is 0.421 e. The summed E-state index contributed by atoms with van der Waals surface area (Å²) in [4.78, 5) is 15.2. The van der Waals surface area contributed by atoms with Gasteiger partial charge in [-0.15, -0.1) is 0 Å². The molecule has 1 amide bonds. The molecule has 10 heavy (non-hydrogen) atoms. The van der Waals surface area contributed by atoms with E-state index in [1.807, 2.05) is 0 Å². The summed E-state index contributed by atoms with van der Waals surface area (Å²) in [6, 6.07) is 0. The number of hydroxylamine groups is 2. The lowest BCUT2D eigenvalue weighted by atomic mass is 11.1. The van der Waals surface area contributed by atoms with Gasteiger partial charge in [-0.05, 0) is 0 Å². The number of nitrogens with zero attached hydrogens (tertiary/aromatic N) is 1. The zero-order valence-electron chi connectivity index (χ0n) is 6.29. The highest BCUT2D eigenvalue weighted by atomic mass is 28.3. The number of rotatable bonds is 3. The van der Waals surface area contributed by atoms with Gasteiger partial charge in [0.2, 0.25) is 0 Å². The molecule has 0 rings (SSSR count). The molecule has 0 aromatic heterocycles. The second kappa shape index (κ2) is 5.21. The van der Waals surface area contributed by atoms with E-state index in [4.69, 9.17) is 0 Å². The first-order chi connectivity index (χ1) is 4.72. The van der Waals surface area contributed by atoms with Crippen molar-refractivity contribution in [2.45, 2.75) is 0 Å². The van der Waals surface area contributed by atoms with Crippen LogP contribution in [0.3, 0.4) is 0 Å². The summed E-state index contributed by atoms with van der Waals surface area (Å²) in [6.45, 7) is 0. The molecule has 0 atom stereocenters. The summed E-state index contributed by atoms with van der Waals surface area (Å²) in [6.07, 6.45) is -0.518. The molecule has 0 radical (unpaired) electrons. The summed E-state index contributed by atoms with van der Waals surface area (Å²) >= 11 is 0. The van der Waals surface area contributed by atoms with E-state index in [0.717, 1.165) is 5.06 Å². The molecule has 0 aromatic carbocycles. The van der Waals surface area contributed by atoms with E-state index in [1.165, 1.54) is 21.3 Å². The van der Waals surface area contributed by atoms with Crippen LogP contribution in [0.1, 0.15) is 0 Å². The standard InChI is InChI=1S/C4H11NO4Si/c1-5(7-2)4(6)9-10-8-3/h10H2,1-3H3. The number of hydrogen-bond acceptors (Lipinski definition) is 4. The maximum atomic E-state index is 10.7. The Morgan fingerprint density at radius 3 is 2.50 bits per heavy atom. The van der Waals surface area contributed by atoms with Crippen molar-refractivity contribution >= 4 is 16.1 Å². The topological polar surface area (TPSA) is 48.0 Å². The molecule has 0 saturated carbocycles. The Kier molecular flexibility index (Phi) is 4.90. The van der Waals surface area contributed by atoms with Gasteiger partial charge in [-0.25, -0.2) is 4.79 Å². The van der Waals surface area contributed by atoms with E-state index in [-0.39, 0.29) is 0 Å². The minimum absolute atomic E-state index is 0.518. The number of amides is 1. The molecule has 6 heteroatoms. The van der Waals surface area contributed by atoms with Gasteiger partial charge >= 0.3 is 16.1 Å². The van der Waals surface area contributed by atoms with Gasteiger partial charge in [0.15, 0.2) is 0 Å². The van der Waals surface area contributed by atoms with Crippen molar-refractivity contribution in [2.24, 2.45) is 0 Å². The van der Waals surface area contributed by atoms with Crippen LogP contribution in [-0.2, 0) is 13.7 Å². The fraction of sp³-hybridized carbons (Fsp3) is 0.750. The first kappa shape index (κ1) is 9.41. The molecule has 0 heterocycles. The first-order valence-corrected chi connectivity index (χ1v) is 3.81. The van der Waals surface area contributed by atoms with Gasteiger partial charge in [-0.2, -0.15) is 5.06 Å². The van der Waals surface area contributed by atoms with Crippen LogP contribution in [-0.4, -0.2) is 42.4 Å². The summed E-state index contributed by atoms with van der Waals surface area (Å²) in [7, 11) is 3.19. The zero-order chi connectivity index (χ0) is 7.98. The molecule has 0 bridgehead atoms. The zero-order valence-corrected chi connectivity index (χ0v) is 7.70. The molecule has 0 fully saturated rings. The Hall–Kier alpha value is -0.593. The van der Waals surface area contributed by atoms with Crippen LogP contribution in [0.2, 0.25) is 0 Å². The van der Waals surface area contributed by atoms with Gasteiger partial charge in [0.05, 0.1) is 7.11 Å². The van der Waals surface area contributed by atoms with E-state index >= 15 is 0 Å². The Bertz CT molecular complexity index is 109. The summed E-state index contributed by atoms with van der Waals surface area (Å²) in [5, 5.41) is 0.992. The van der Waals surface area contributed by atoms with Crippen molar-refractivity contribution in [1.82, 2.24) is 5.06 Å². The molecule has 5 nitrogen and oxygen atoms in total. The highest BCUT2D eigenvalue weighted by Crippen LogP contribution is 1.87. The van der Waals surface area contributed by atoms with Crippen LogP contribution < -0.4 is 0 Å². The van der Waals surface area contributed by atoms with Crippen molar-refractivity contribution in [2.75, 3.05) is 21.3 Å². The monoisotopic (exact) mass is 165 g/mol. The van der Waals surface area contributed by atoms with Gasteiger partial charge in [-0.1, -0.05) is 0 Å². The fourth-order valence-electron chi connectivity index (χ4n) is 0.275. The van der Waals surface area contributed by atoms with Crippen LogP contribution in [0, 0.1) is 0 Å². The summed E-state index contributed by atoms with van der Waals surface area (Å²) in [5.74, 6) is 0. The van der Waals surface area contributed by atoms with Crippen molar-refractivity contribution in [1.29, 1.82) is 0 Å². The van der Waals surface area contributed by atoms with Crippen molar-refractivity contribution in [3.63, 3.8) is 0 Å². The molecule has 0 unspecified atom stereocenters. The second-order valence-corrected chi connectivity index (χ2v) is 2.60. The number of carbonyl (C=O) groups is 1. The molecule has 60 valence electrons. The van der Waals surface area contributed by atoms with Gasteiger partial charge in [0.1, 0.15) is 0 Å². The molecule has 0 aromatic rings. The molecule has 0 aliphatic heterocycles. The maximum Gasteiger partial charge on any atom is 0.421 e. The van der Waals surface area contributed by atoms with Crippen LogP contribution in [0.15, 0.2) is 0 Å². The first-order valence-electron chi connectivity index (χ1n) is 2.66. The van der Waals surface area contributed by atoms with E-state index in [0.29, 0.717) is 0 Å². The molecular weight excluding hydrogens is 154 g/mol. The summed E-state index contributed by atoms with van der Waals surface area (Å²) < 4.78 is 9.24. The minimum Gasteiger partial charge on any atom is -0.482 e. The van der Waals surface area contributed by atoms with Gasteiger partial charge in [0, 0.05) is 14.2 Å². The Balaban J connectivity index is 3.42. The average Bonchev–Trinajstić information content (AvgIpc) is 1.98. The van der Waals surface area contributed by atoms with Crippen LogP contribution >= 0.6 is 0 Å². The predicted octanol–water partition coefficient (Wildman–Crippen LogP) is -0.739. The lowest BCUT2D eigenvalue weighted by molar-refractivity contribution is -0.0801. The third kappa shape index (κ3) is 3.44. The van der Waals surface area contributed by atoms with Gasteiger partial charge < -0.3 is 8.85 Å². The van der Waals surface area contributed by atoms with Gasteiger partial charge in [-0.3, -0.25) is 4.84 Å². The highest BCUT2D eigenvalue weighted by molar-refractivity contribution is 6.21. The van der Waals surface area contributed by atoms with E-state index in [2.05, 4.69) is 13.7 Å².